The quantitative estimate of drug-likeness (QED) is 0.693. The van der Waals surface area contributed by atoms with Crippen molar-refractivity contribution in [3.8, 4) is 5.75 Å². The first-order chi connectivity index (χ1) is 6.57. The Bertz CT molecular complexity index is 318. The van der Waals surface area contributed by atoms with Crippen LogP contribution in [0.15, 0.2) is 24.3 Å². The Hall–Kier alpha value is -0.980. The number of para-hydroxylation sites is 1. The third-order valence-corrected chi connectivity index (χ3v) is 2.51. The molecule has 0 amide bonds. The summed E-state index contributed by atoms with van der Waals surface area (Å²) < 4.78 is 5.88. The lowest BCUT2D eigenvalue weighted by molar-refractivity contribution is 0.295. The van der Waals surface area contributed by atoms with Gasteiger partial charge in [0.25, 0.3) is 0 Å². The summed E-state index contributed by atoms with van der Waals surface area (Å²) in [4.78, 5) is 0. The Labute approximate surface area is 86.1 Å². The van der Waals surface area contributed by atoms with Crippen LogP contribution in [0.1, 0.15) is 39.2 Å². The molecule has 1 aromatic rings. The van der Waals surface area contributed by atoms with E-state index in [-0.39, 0.29) is 5.41 Å². The molecule has 0 bridgehead atoms. The van der Waals surface area contributed by atoms with Crippen molar-refractivity contribution in [3.05, 3.63) is 29.8 Å². The highest BCUT2D eigenvalue weighted by Gasteiger charge is 2.26. The molecule has 1 nitrogen and oxygen atoms in total. The van der Waals surface area contributed by atoms with Crippen molar-refractivity contribution in [1.82, 2.24) is 0 Å². The summed E-state index contributed by atoms with van der Waals surface area (Å²) in [7, 11) is 0. The van der Waals surface area contributed by atoms with Gasteiger partial charge in [0.05, 0.1) is 6.10 Å². The van der Waals surface area contributed by atoms with E-state index in [4.69, 9.17) is 4.74 Å². The fraction of sp³-hybridized carbons (Fsp3) is 0.538. The fourth-order valence-corrected chi connectivity index (χ4v) is 1.55. The number of ether oxygens (including phenoxy) is 1. The van der Waals surface area contributed by atoms with Crippen LogP contribution in [0.3, 0.4) is 0 Å². The second-order valence-electron chi connectivity index (χ2n) is 5.06. The fourth-order valence-electron chi connectivity index (χ4n) is 1.55. The van der Waals surface area contributed by atoms with E-state index in [1.54, 1.807) is 0 Å². The Morgan fingerprint density at radius 1 is 1.14 bits per heavy atom. The molecule has 1 heteroatoms. The lowest BCUT2D eigenvalue weighted by Gasteiger charge is -2.22. The SMILES string of the molecule is CC(C)(C)c1ccccc1OC1CC1. The van der Waals surface area contributed by atoms with Gasteiger partial charge in [0.15, 0.2) is 0 Å². The Morgan fingerprint density at radius 3 is 2.36 bits per heavy atom. The minimum Gasteiger partial charge on any atom is -0.490 e. The average Bonchev–Trinajstić information content (AvgIpc) is 2.87. The van der Waals surface area contributed by atoms with Gasteiger partial charge in [-0.15, -0.1) is 0 Å². The zero-order chi connectivity index (χ0) is 10.2. The molecule has 76 valence electrons. The average molecular weight is 190 g/mol. The van der Waals surface area contributed by atoms with E-state index < -0.39 is 0 Å². The van der Waals surface area contributed by atoms with Crippen molar-refractivity contribution in [2.75, 3.05) is 0 Å². The third kappa shape index (κ3) is 2.09. The van der Waals surface area contributed by atoms with Crippen molar-refractivity contribution in [2.45, 2.75) is 45.1 Å². The second-order valence-corrected chi connectivity index (χ2v) is 5.06. The van der Waals surface area contributed by atoms with Crippen molar-refractivity contribution in [1.29, 1.82) is 0 Å². The Morgan fingerprint density at radius 2 is 1.79 bits per heavy atom. The van der Waals surface area contributed by atoms with Gasteiger partial charge in [-0.1, -0.05) is 39.0 Å². The van der Waals surface area contributed by atoms with Gasteiger partial charge in [0.2, 0.25) is 0 Å². The molecular formula is C13H18O. The van der Waals surface area contributed by atoms with Crippen LogP contribution in [-0.2, 0) is 5.41 Å². The zero-order valence-electron chi connectivity index (χ0n) is 9.21. The molecule has 0 aliphatic heterocycles. The topological polar surface area (TPSA) is 9.23 Å². The second kappa shape index (κ2) is 3.30. The van der Waals surface area contributed by atoms with Crippen LogP contribution in [0.4, 0.5) is 0 Å². The van der Waals surface area contributed by atoms with Gasteiger partial charge in [-0.3, -0.25) is 0 Å². The van der Waals surface area contributed by atoms with E-state index in [0.29, 0.717) is 6.10 Å². The van der Waals surface area contributed by atoms with Gasteiger partial charge in [0.1, 0.15) is 5.75 Å². The molecule has 0 radical (unpaired) electrons. The normalized spacial score (nSPS) is 16.8. The first kappa shape index (κ1) is 9.57. The van der Waals surface area contributed by atoms with E-state index >= 15 is 0 Å². The summed E-state index contributed by atoms with van der Waals surface area (Å²) >= 11 is 0. The molecule has 1 aromatic carbocycles. The lowest BCUT2D eigenvalue weighted by Crippen LogP contribution is -2.13. The van der Waals surface area contributed by atoms with Crippen LogP contribution in [-0.4, -0.2) is 6.10 Å². The van der Waals surface area contributed by atoms with Crippen molar-refractivity contribution >= 4 is 0 Å². The first-order valence-electron chi connectivity index (χ1n) is 5.33. The van der Waals surface area contributed by atoms with Crippen LogP contribution >= 0.6 is 0 Å². The molecular weight excluding hydrogens is 172 g/mol. The molecule has 0 spiro atoms. The summed E-state index contributed by atoms with van der Waals surface area (Å²) in [6.45, 7) is 6.67. The number of hydrogen-bond acceptors (Lipinski definition) is 1. The molecule has 0 saturated heterocycles. The maximum Gasteiger partial charge on any atom is 0.123 e. The molecule has 0 aromatic heterocycles. The minimum absolute atomic E-state index is 0.172. The third-order valence-electron chi connectivity index (χ3n) is 2.51. The van der Waals surface area contributed by atoms with E-state index in [1.807, 2.05) is 6.07 Å². The molecule has 1 fully saturated rings. The smallest absolute Gasteiger partial charge is 0.123 e. The van der Waals surface area contributed by atoms with E-state index in [1.165, 1.54) is 18.4 Å². The molecule has 1 saturated carbocycles. The van der Waals surface area contributed by atoms with Gasteiger partial charge >= 0.3 is 0 Å². The molecule has 1 aliphatic rings. The van der Waals surface area contributed by atoms with Gasteiger partial charge in [0, 0.05) is 0 Å². The molecule has 0 atom stereocenters. The summed E-state index contributed by atoms with van der Waals surface area (Å²) in [5.74, 6) is 1.07. The highest BCUT2D eigenvalue weighted by molar-refractivity contribution is 5.38. The number of hydrogen-bond donors (Lipinski definition) is 0. The van der Waals surface area contributed by atoms with E-state index in [9.17, 15) is 0 Å². The van der Waals surface area contributed by atoms with E-state index in [2.05, 4.69) is 39.0 Å². The van der Waals surface area contributed by atoms with Crippen LogP contribution in [0.25, 0.3) is 0 Å². The number of rotatable bonds is 2. The van der Waals surface area contributed by atoms with Crippen molar-refractivity contribution in [3.63, 3.8) is 0 Å². The summed E-state index contributed by atoms with van der Waals surface area (Å²) in [5, 5.41) is 0. The predicted molar refractivity (Wildman–Crippen MR) is 58.8 cm³/mol. The monoisotopic (exact) mass is 190 g/mol. The highest BCUT2D eigenvalue weighted by Crippen LogP contribution is 2.34. The van der Waals surface area contributed by atoms with Crippen LogP contribution in [0.5, 0.6) is 5.75 Å². The molecule has 0 heterocycles. The predicted octanol–water partition coefficient (Wildman–Crippen LogP) is 3.53. The molecule has 14 heavy (non-hydrogen) atoms. The summed E-state index contributed by atoms with van der Waals surface area (Å²) in [6, 6.07) is 8.38. The molecule has 0 unspecified atom stereocenters. The van der Waals surface area contributed by atoms with Crippen molar-refractivity contribution < 1.29 is 4.74 Å². The maximum atomic E-state index is 5.88. The highest BCUT2D eigenvalue weighted by atomic mass is 16.5. The Balaban J connectivity index is 2.27. The Kier molecular flexibility index (Phi) is 2.26. The zero-order valence-corrected chi connectivity index (χ0v) is 9.21. The van der Waals surface area contributed by atoms with Gasteiger partial charge in [-0.2, -0.15) is 0 Å². The van der Waals surface area contributed by atoms with E-state index in [0.717, 1.165) is 5.75 Å². The van der Waals surface area contributed by atoms with Gasteiger partial charge < -0.3 is 4.74 Å². The van der Waals surface area contributed by atoms with Crippen LogP contribution < -0.4 is 4.74 Å². The standard InChI is InChI=1S/C13H18O/c1-13(2,3)11-6-4-5-7-12(11)14-10-8-9-10/h4-7,10H,8-9H2,1-3H3. The number of benzene rings is 1. The van der Waals surface area contributed by atoms with Crippen molar-refractivity contribution in [2.24, 2.45) is 0 Å². The first-order valence-corrected chi connectivity index (χ1v) is 5.33. The molecule has 1 aliphatic carbocycles. The van der Waals surface area contributed by atoms with Gasteiger partial charge in [-0.25, -0.2) is 0 Å². The van der Waals surface area contributed by atoms with Crippen LogP contribution in [0, 0.1) is 0 Å². The molecule has 2 rings (SSSR count). The largest absolute Gasteiger partial charge is 0.490 e. The molecule has 0 N–H and O–H groups in total. The minimum atomic E-state index is 0.172. The summed E-state index contributed by atoms with van der Waals surface area (Å²) in [5.41, 5.74) is 1.48. The summed E-state index contributed by atoms with van der Waals surface area (Å²) in [6.07, 6.45) is 2.93. The van der Waals surface area contributed by atoms with Crippen LogP contribution in [0.2, 0.25) is 0 Å². The maximum absolute atomic E-state index is 5.88. The van der Waals surface area contributed by atoms with Gasteiger partial charge in [-0.05, 0) is 29.9 Å². The lowest BCUT2D eigenvalue weighted by atomic mass is 9.86.